The molecular formula is C11H14N4O3. The molecule has 0 radical (unpaired) electrons. The predicted molar refractivity (Wildman–Crippen MR) is 62.7 cm³/mol. The van der Waals surface area contributed by atoms with Crippen molar-refractivity contribution in [2.45, 2.75) is 6.54 Å². The third-order valence-electron chi connectivity index (χ3n) is 2.97. The van der Waals surface area contributed by atoms with Crippen LogP contribution in [0.4, 0.5) is 5.88 Å². The highest BCUT2D eigenvalue weighted by atomic mass is 16.6. The molecule has 1 saturated heterocycles. The lowest BCUT2D eigenvalue weighted by Crippen LogP contribution is -2.45. The molecule has 1 aliphatic heterocycles. The smallest absolute Gasteiger partial charge is 0.404 e. The molecule has 0 N–H and O–H groups in total. The Morgan fingerprint density at radius 2 is 2.00 bits per heavy atom. The lowest BCUT2D eigenvalue weighted by atomic mass is 10.3. The van der Waals surface area contributed by atoms with Gasteiger partial charge < -0.3 is 4.42 Å². The van der Waals surface area contributed by atoms with Crippen LogP contribution in [0.15, 0.2) is 16.5 Å². The van der Waals surface area contributed by atoms with Crippen molar-refractivity contribution in [3.63, 3.8) is 0 Å². The fourth-order valence-corrected chi connectivity index (χ4v) is 1.98. The summed E-state index contributed by atoms with van der Waals surface area (Å²) < 4.78 is 5.12. The minimum atomic E-state index is -0.533. The first-order chi connectivity index (χ1) is 8.69. The van der Waals surface area contributed by atoms with Crippen LogP contribution in [0.25, 0.3) is 0 Å². The molecule has 96 valence electrons. The molecular weight excluding hydrogens is 236 g/mol. The van der Waals surface area contributed by atoms with Gasteiger partial charge in [0.15, 0.2) is 0 Å². The fraction of sp³-hybridized carbons (Fsp3) is 0.545. The van der Waals surface area contributed by atoms with Crippen molar-refractivity contribution in [1.29, 1.82) is 5.26 Å². The monoisotopic (exact) mass is 250 g/mol. The molecule has 0 amide bonds. The van der Waals surface area contributed by atoms with Crippen LogP contribution in [0.2, 0.25) is 0 Å². The molecule has 7 nitrogen and oxygen atoms in total. The second-order valence-electron chi connectivity index (χ2n) is 4.21. The third-order valence-corrected chi connectivity index (χ3v) is 2.97. The van der Waals surface area contributed by atoms with E-state index in [-0.39, 0.29) is 5.88 Å². The summed E-state index contributed by atoms with van der Waals surface area (Å²) in [7, 11) is 0. The first-order valence-corrected chi connectivity index (χ1v) is 5.74. The van der Waals surface area contributed by atoms with E-state index in [1.165, 1.54) is 6.07 Å². The number of piperazine rings is 1. The number of hydrogen-bond donors (Lipinski definition) is 0. The summed E-state index contributed by atoms with van der Waals surface area (Å²) in [4.78, 5) is 14.2. The Kier molecular flexibility index (Phi) is 3.92. The number of rotatable bonds is 4. The van der Waals surface area contributed by atoms with E-state index in [1.54, 1.807) is 6.07 Å². The zero-order valence-corrected chi connectivity index (χ0v) is 9.91. The van der Waals surface area contributed by atoms with Gasteiger partial charge in [-0.15, -0.1) is 0 Å². The highest BCUT2D eigenvalue weighted by molar-refractivity contribution is 5.17. The van der Waals surface area contributed by atoms with Gasteiger partial charge in [-0.2, -0.15) is 5.26 Å². The molecule has 0 spiro atoms. The number of hydrogen-bond acceptors (Lipinski definition) is 6. The van der Waals surface area contributed by atoms with Crippen molar-refractivity contribution >= 4 is 5.88 Å². The van der Waals surface area contributed by atoms with Crippen LogP contribution in [0.5, 0.6) is 0 Å². The van der Waals surface area contributed by atoms with Gasteiger partial charge in [-0.05, 0) is 6.07 Å². The maximum atomic E-state index is 10.5. The van der Waals surface area contributed by atoms with E-state index in [2.05, 4.69) is 15.9 Å². The van der Waals surface area contributed by atoms with E-state index in [9.17, 15) is 10.1 Å². The summed E-state index contributed by atoms with van der Waals surface area (Å²) >= 11 is 0. The van der Waals surface area contributed by atoms with Gasteiger partial charge in [0.1, 0.15) is 10.7 Å². The summed E-state index contributed by atoms with van der Waals surface area (Å²) in [5.41, 5.74) is 0. The quantitative estimate of drug-likeness (QED) is 0.447. The van der Waals surface area contributed by atoms with Crippen LogP contribution in [-0.2, 0) is 6.54 Å². The summed E-state index contributed by atoms with van der Waals surface area (Å²) in [5.74, 6) is 0.392. The van der Waals surface area contributed by atoms with Crippen molar-refractivity contribution in [1.82, 2.24) is 9.80 Å². The van der Waals surface area contributed by atoms with Crippen LogP contribution in [0.1, 0.15) is 5.76 Å². The van der Waals surface area contributed by atoms with Crippen molar-refractivity contribution in [3.8, 4) is 6.07 Å². The van der Waals surface area contributed by atoms with Crippen LogP contribution in [0, 0.1) is 21.4 Å². The standard InChI is InChI=1S/C11H14N4O3/c12-3-4-13-5-7-14(8-6-13)9-10-1-2-11(18-10)15(16)17/h1-2H,4-9H2. The summed E-state index contributed by atoms with van der Waals surface area (Å²) in [5, 5.41) is 19.1. The molecule has 0 unspecified atom stereocenters. The van der Waals surface area contributed by atoms with Crippen molar-refractivity contribution in [2.75, 3.05) is 32.7 Å². The van der Waals surface area contributed by atoms with Gasteiger partial charge in [-0.1, -0.05) is 0 Å². The molecule has 2 heterocycles. The van der Waals surface area contributed by atoms with Crippen molar-refractivity contribution in [2.24, 2.45) is 0 Å². The highest BCUT2D eigenvalue weighted by Crippen LogP contribution is 2.17. The van der Waals surface area contributed by atoms with Crippen LogP contribution in [0.3, 0.4) is 0 Å². The topological polar surface area (TPSA) is 86.5 Å². The van der Waals surface area contributed by atoms with E-state index >= 15 is 0 Å². The van der Waals surface area contributed by atoms with Gasteiger partial charge in [0, 0.05) is 26.2 Å². The maximum absolute atomic E-state index is 10.5. The summed E-state index contributed by atoms with van der Waals surface area (Å²) in [6, 6.07) is 5.15. The Bertz CT molecular complexity index is 457. The molecule has 1 fully saturated rings. The molecule has 1 aliphatic rings. The molecule has 0 saturated carbocycles. The molecule has 0 aromatic carbocycles. The van der Waals surface area contributed by atoms with E-state index in [0.717, 1.165) is 26.2 Å². The predicted octanol–water partition coefficient (Wildman–Crippen LogP) is 0.829. The van der Waals surface area contributed by atoms with Gasteiger partial charge in [0.05, 0.1) is 25.2 Å². The SMILES string of the molecule is N#CCN1CCN(Cc2ccc([N+](=O)[O-])o2)CC1. The van der Waals surface area contributed by atoms with Gasteiger partial charge in [0.2, 0.25) is 0 Å². The Labute approximate surface area is 104 Å². The molecule has 1 aromatic rings. The number of nitrogens with zero attached hydrogens (tertiary/aromatic N) is 4. The minimum absolute atomic E-state index is 0.215. The molecule has 2 rings (SSSR count). The molecule has 0 aliphatic carbocycles. The fourth-order valence-electron chi connectivity index (χ4n) is 1.98. The molecule has 7 heteroatoms. The average molecular weight is 250 g/mol. The maximum Gasteiger partial charge on any atom is 0.433 e. The Balaban J connectivity index is 1.84. The van der Waals surface area contributed by atoms with Gasteiger partial charge in [-0.3, -0.25) is 19.9 Å². The lowest BCUT2D eigenvalue weighted by molar-refractivity contribution is -0.402. The van der Waals surface area contributed by atoms with Gasteiger partial charge >= 0.3 is 5.88 Å². The summed E-state index contributed by atoms with van der Waals surface area (Å²) in [6.07, 6.45) is 0. The first kappa shape index (κ1) is 12.5. The summed E-state index contributed by atoms with van der Waals surface area (Å²) in [6.45, 7) is 4.41. The average Bonchev–Trinajstić information content (AvgIpc) is 2.81. The number of nitro groups is 1. The largest absolute Gasteiger partial charge is 0.433 e. The Hall–Kier alpha value is -1.91. The number of nitriles is 1. The Morgan fingerprint density at radius 3 is 2.56 bits per heavy atom. The molecule has 0 atom stereocenters. The Morgan fingerprint density at radius 1 is 1.33 bits per heavy atom. The second kappa shape index (κ2) is 5.62. The zero-order valence-electron chi connectivity index (χ0n) is 9.91. The van der Waals surface area contributed by atoms with Crippen LogP contribution in [-0.4, -0.2) is 47.4 Å². The lowest BCUT2D eigenvalue weighted by Gasteiger charge is -2.32. The molecule has 1 aromatic heterocycles. The van der Waals surface area contributed by atoms with Crippen LogP contribution >= 0.6 is 0 Å². The normalized spacial score (nSPS) is 17.5. The van der Waals surface area contributed by atoms with Crippen molar-refractivity contribution < 1.29 is 9.34 Å². The van der Waals surface area contributed by atoms with Gasteiger partial charge in [-0.25, -0.2) is 0 Å². The third kappa shape index (κ3) is 3.06. The molecule has 18 heavy (non-hydrogen) atoms. The van der Waals surface area contributed by atoms with E-state index in [0.29, 0.717) is 18.8 Å². The van der Waals surface area contributed by atoms with Crippen LogP contribution < -0.4 is 0 Å². The zero-order chi connectivity index (χ0) is 13.0. The number of furan rings is 1. The first-order valence-electron chi connectivity index (χ1n) is 5.74. The van der Waals surface area contributed by atoms with E-state index < -0.39 is 4.92 Å². The minimum Gasteiger partial charge on any atom is -0.404 e. The van der Waals surface area contributed by atoms with Crippen molar-refractivity contribution in [3.05, 3.63) is 28.0 Å². The molecule has 0 bridgehead atoms. The van der Waals surface area contributed by atoms with Gasteiger partial charge in [0.25, 0.3) is 0 Å². The van der Waals surface area contributed by atoms with E-state index in [1.807, 2.05) is 0 Å². The highest BCUT2D eigenvalue weighted by Gasteiger charge is 2.19. The van der Waals surface area contributed by atoms with E-state index in [4.69, 9.17) is 9.68 Å². The second-order valence-corrected chi connectivity index (χ2v) is 4.21.